The van der Waals surface area contributed by atoms with Crippen LogP contribution in [0.5, 0.6) is 0 Å². The third kappa shape index (κ3) is 3.61. The molecule has 2 aromatic heterocycles. The van der Waals surface area contributed by atoms with E-state index in [1.165, 1.54) is 0 Å². The Hall–Kier alpha value is -3.48. The van der Waals surface area contributed by atoms with E-state index < -0.39 is 0 Å². The maximum atomic E-state index is 12.4. The largest absolute Gasteiger partial charge is 0.324 e. The van der Waals surface area contributed by atoms with Gasteiger partial charge in [0.15, 0.2) is 0 Å². The van der Waals surface area contributed by atoms with Gasteiger partial charge in [0.25, 0.3) is 0 Å². The van der Waals surface area contributed by atoms with Crippen molar-refractivity contribution in [3.05, 3.63) is 72.3 Å². The second kappa shape index (κ2) is 7.18. The Morgan fingerprint density at radius 2 is 1.88 bits per heavy atom. The topological polar surface area (TPSA) is 83.0 Å². The first-order valence-corrected chi connectivity index (χ1v) is 8.41. The van der Waals surface area contributed by atoms with Crippen molar-refractivity contribution in [3.8, 4) is 0 Å². The van der Waals surface area contributed by atoms with Crippen molar-refractivity contribution in [2.24, 2.45) is 0 Å². The lowest BCUT2D eigenvalue weighted by Gasteiger charge is -2.28. The highest BCUT2D eigenvalue weighted by atomic mass is 16.2. The van der Waals surface area contributed by atoms with Crippen LogP contribution in [0.4, 0.5) is 22.1 Å². The lowest BCUT2D eigenvalue weighted by atomic mass is 10.1. The zero-order valence-corrected chi connectivity index (χ0v) is 14.1. The van der Waals surface area contributed by atoms with Gasteiger partial charge in [0, 0.05) is 36.6 Å². The van der Waals surface area contributed by atoms with Gasteiger partial charge in [-0.25, -0.2) is 14.8 Å². The fraction of sp³-hybridized carbons (Fsp3) is 0.158. The zero-order valence-electron chi connectivity index (χ0n) is 14.1. The number of benzene rings is 1. The van der Waals surface area contributed by atoms with Gasteiger partial charge in [-0.3, -0.25) is 4.98 Å². The number of fused-ring (bicyclic) bond motifs is 1. The summed E-state index contributed by atoms with van der Waals surface area (Å²) in [7, 11) is 0. The molecule has 4 rings (SSSR count). The first kappa shape index (κ1) is 16.0. The molecule has 7 nitrogen and oxygen atoms in total. The van der Waals surface area contributed by atoms with E-state index in [-0.39, 0.29) is 6.03 Å². The van der Waals surface area contributed by atoms with E-state index in [1.807, 2.05) is 36.4 Å². The van der Waals surface area contributed by atoms with E-state index in [0.717, 1.165) is 16.9 Å². The number of pyridine rings is 1. The van der Waals surface area contributed by atoms with Gasteiger partial charge in [-0.2, -0.15) is 0 Å². The number of carbonyl (C=O) groups is 1. The summed E-state index contributed by atoms with van der Waals surface area (Å²) in [6.45, 7) is 1.11. The second-order valence-corrected chi connectivity index (χ2v) is 6.00. The Balaban J connectivity index is 1.43. The third-order valence-corrected chi connectivity index (χ3v) is 4.16. The number of hydrogen-bond acceptors (Lipinski definition) is 5. The van der Waals surface area contributed by atoms with Crippen molar-refractivity contribution in [2.75, 3.05) is 17.2 Å². The fourth-order valence-corrected chi connectivity index (χ4v) is 2.84. The summed E-state index contributed by atoms with van der Waals surface area (Å²) >= 11 is 0. The molecule has 3 heterocycles. The van der Waals surface area contributed by atoms with Gasteiger partial charge in [-0.05, 0) is 24.3 Å². The van der Waals surface area contributed by atoms with E-state index in [9.17, 15) is 4.79 Å². The van der Waals surface area contributed by atoms with E-state index in [0.29, 0.717) is 31.1 Å². The Kier molecular flexibility index (Phi) is 4.42. The molecular weight excluding hydrogens is 328 g/mol. The first-order chi connectivity index (χ1) is 12.8. The smallest absolute Gasteiger partial charge is 0.322 e. The molecule has 0 saturated carbocycles. The average Bonchev–Trinajstić information content (AvgIpc) is 2.69. The summed E-state index contributed by atoms with van der Waals surface area (Å²) in [6, 6.07) is 13.3. The minimum atomic E-state index is -0.143. The standard InChI is InChI=1S/C19H18N6O/c26-19(23-16-7-4-9-20-12-16)25-10-8-17-14(13-25)11-21-18(24-17)22-15-5-2-1-3-6-15/h1-7,9,11-12H,8,10,13H2,(H,23,26)(H,21,22,24). The van der Waals surface area contributed by atoms with Crippen LogP contribution in [-0.2, 0) is 13.0 Å². The monoisotopic (exact) mass is 346 g/mol. The predicted molar refractivity (Wildman–Crippen MR) is 99.1 cm³/mol. The minimum absolute atomic E-state index is 0.143. The first-order valence-electron chi connectivity index (χ1n) is 8.41. The number of hydrogen-bond donors (Lipinski definition) is 2. The number of rotatable bonds is 3. The molecule has 0 fully saturated rings. The van der Waals surface area contributed by atoms with Gasteiger partial charge in [0.1, 0.15) is 0 Å². The van der Waals surface area contributed by atoms with Gasteiger partial charge in [0.2, 0.25) is 5.95 Å². The number of aromatic nitrogens is 3. The minimum Gasteiger partial charge on any atom is -0.324 e. The Labute approximate surface area is 151 Å². The highest BCUT2D eigenvalue weighted by Gasteiger charge is 2.22. The molecule has 1 aromatic carbocycles. The number of anilines is 3. The second-order valence-electron chi connectivity index (χ2n) is 6.00. The molecule has 0 radical (unpaired) electrons. The van der Waals surface area contributed by atoms with Crippen molar-refractivity contribution in [2.45, 2.75) is 13.0 Å². The molecule has 130 valence electrons. The Morgan fingerprint density at radius 3 is 2.69 bits per heavy atom. The highest BCUT2D eigenvalue weighted by molar-refractivity contribution is 5.89. The van der Waals surface area contributed by atoms with Crippen molar-refractivity contribution >= 4 is 23.4 Å². The van der Waals surface area contributed by atoms with Crippen LogP contribution in [0.3, 0.4) is 0 Å². The molecule has 0 atom stereocenters. The van der Waals surface area contributed by atoms with Gasteiger partial charge in [0.05, 0.1) is 24.1 Å². The third-order valence-electron chi connectivity index (χ3n) is 4.16. The molecule has 1 aliphatic heterocycles. The SMILES string of the molecule is O=C(Nc1cccnc1)N1CCc2nc(Nc3ccccc3)ncc2C1. The number of urea groups is 1. The highest BCUT2D eigenvalue weighted by Crippen LogP contribution is 2.20. The average molecular weight is 346 g/mol. The van der Waals surface area contributed by atoms with Crippen LogP contribution in [0.1, 0.15) is 11.3 Å². The van der Waals surface area contributed by atoms with Crippen LogP contribution in [0.2, 0.25) is 0 Å². The molecule has 3 aromatic rings. The molecule has 7 heteroatoms. The van der Waals surface area contributed by atoms with Crippen LogP contribution in [0, 0.1) is 0 Å². The van der Waals surface area contributed by atoms with Crippen LogP contribution >= 0.6 is 0 Å². The van der Waals surface area contributed by atoms with Gasteiger partial charge >= 0.3 is 6.03 Å². The molecular formula is C19H18N6O. The van der Waals surface area contributed by atoms with Crippen molar-refractivity contribution in [1.29, 1.82) is 0 Å². The molecule has 0 aliphatic carbocycles. The Bertz CT molecular complexity index is 900. The quantitative estimate of drug-likeness (QED) is 0.761. The van der Waals surface area contributed by atoms with Crippen LogP contribution in [0.15, 0.2) is 61.1 Å². The van der Waals surface area contributed by atoms with Gasteiger partial charge < -0.3 is 15.5 Å². The summed E-state index contributed by atoms with van der Waals surface area (Å²) < 4.78 is 0. The lowest BCUT2D eigenvalue weighted by Crippen LogP contribution is -2.39. The van der Waals surface area contributed by atoms with E-state index >= 15 is 0 Å². The molecule has 2 N–H and O–H groups in total. The molecule has 0 unspecified atom stereocenters. The van der Waals surface area contributed by atoms with Crippen LogP contribution in [-0.4, -0.2) is 32.4 Å². The number of carbonyl (C=O) groups excluding carboxylic acids is 1. The molecule has 1 aliphatic rings. The summed E-state index contributed by atoms with van der Waals surface area (Å²) in [6.07, 6.45) is 5.78. The summed E-state index contributed by atoms with van der Waals surface area (Å²) in [5.41, 5.74) is 3.57. The number of amides is 2. The fourth-order valence-electron chi connectivity index (χ4n) is 2.84. The van der Waals surface area contributed by atoms with Crippen molar-refractivity contribution < 1.29 is 4.79 Å². The summed E-state index contributed by atoms with van der Waals surface area (Å²) in [5.74, 6) is 0.572. The normalized spacial score (nSPS) is 13.0. The van der Waals surface area contributed by atoms with Crippen LogP contribution in [0.25, 0.3) is 0 Å². The van der Waals surface area contributed by atoms with E-state index in [1.54, 1.807) is 29.6 Å². The Morgan fingerprint density at radius 1 is 1.04 bits per heavy atom. The molecule has 2 amide bonds. The van der Waals surface area contributed by atoms with Crippen molar-refractivity contribution in [3.63, 3.8) is 0 Å². The summed E-state index contributed by atoms with van der Waals surface area (Å²) in [4.78, 5) is 27.1. The number of para-hydroxylation sites is 1. The van der Waals surface area contributed by atoms with Crippen LogP contribution < -0.4 is 10.6 Å². The van der Waals surface area contributed by atoms with Crippen molar-refractivity contribution in [1.82, 2.24) is 19.9 Å². The molecule has 26 heavy (non-hydrogen) atoms. The van der Waals surface area contributed by atoms with E-state index in [2.05, 4.69) is 25.6 Å². The maximum Gasteiger partial charge on any atom is 0.322 e. The molecule has 0 spiro atoms. The summed E-state index contributed by atoms with van der Waals surface area (Å²) in [5, 5.41) is 6.06. The number of nitrogens with one attached hydrogen (secondary N) is 2. The van der Waals surface area contributed by atoms with Gasteiger partial charge in [-0.1, -0.05) is 18.2 Å². The molecule has 0 bridgehead atoms. The molecule has 0 saturated heterocycles. The maximum absolute atomic E-state index is 12.4. The zero-order chi connectivity index (χ0) is 17.8. The predicted octanol–water partition coefficient (Wildman–Crippen LogP) is 3.21. The van der Waals surface area contributed by atoms with Gasteiger partial charge in [-0.15, -0.1) is 0 Å². The lowest BCUT2D eigenvalue weighted by molar-refractivity contribution is 0.206. The number of nitrogens with zero attached hydrogens (tertiary/aromatic N) is 4. The van der Waals surface area contributed by atoms with E-state index in [4.69, 9.17) is 0 Å².